The number of aromatic hydroxyl groups is 1. The van der Waals surface area contributed by atoms with Crippen LogP contribution in [0.25, 0.3) is 32.1 Å². The van der Waals surface area contributed by atoms with Crippen molar-refractivity contribution in [1.82, 2.24) is 4.98 Å². The second kappa shape index (κ2) is 5.47. The van der Waals surface area contributed by atoms with Crippen LogP contribution in [0, 0.1) is 6.92 Å². The molecule has 2 aromatic carbocycles. The van der Waals surface area contributed by atoms with E-state index in [1.165, 1.54) is 11.3 Å². The summed E-state index contributed by atoms with van der Waals surface area (Å²) in [5.74, 6) is 0.195. The van der Waals surface area contributed by atoms with Gasteiger partial charge in [0.05, 0.1) is 0 Å². The van der Waals surface area contributed by atoms with Crippen LogP contribution < -0.4 is 11.3 Å². The number of rotatable bonds is 2. The maximum atomic E-state index is 12.3. The zero-order chi connectivity index (χ0) is 16.8. The van der Waals surface area contributed by atoms with Crippen molar-refractivity contribution in [3.8, 4) is 16.9 Å². The van der Waals surface area contributed by atoms with Gasteiger partial charge in [-0.1, -0.05) is 24.3 Å². The number of benzene rings is 2. The monoisotopic (exact) mass is 336 g/mol. The van der Waals surface area contributed by atoms with Gasteiger partial charge in [-0.3, -0.25) is 4.79 Å². The predicted octanol–water partition coefficient (Wildman–Crippen LogP) is 3.88. The first-order chi connectivity index (χ1) is 11.6. The Bertz CT molecular complexity index is 1120. The number of pyridine rings is 1. The molecular formula is C19H16N2O2S. The largest absolute Gasteiger partial charge is 0.507 e. The number of thiophene rings is 1. The summed E-state index contributed by atoms with van der Waals surface area (Å²) in [5.41, 5.74) is 8.95. The van der Waals surface area contributed by atoms with Crippen LogP contribution >= 0.6 is 11.3 Å². The van der Waals surface area contributed by atoms with Crippen LogP contribution in [-0.4, -0.2) is 10.1 Å². The van der Waals surface area contributed by atoms with Gasteiger partial charge in [0.2, 0.25) is 0 Å². The molecule has 0 atom stereocenters. The molecule has 4 N–H and O–H groups in total. The fourth-order valence-electron chi connectivity index (χ4n) is 3.12. The van der Waals surface area contributed by atoms with Gasteiger partial charge in [-0.2, -0.15) is 0 Å². The van der Waals surface area contributed by atoms with Gasteiger partial charge in [0.15, 0.2) is 0 Å². The Kier molecular flexibility index (Phi) is 3.40. The lowest BCUT2D eigenvalue weighted by atomic mass is 9.96. The van der Waals surface area contributed by atoms with Crippen molar-refractivity contribution in [2.24, 2.45) is 5.73 Å². The van der Waals surface area contributed by atoms with Gasteiger partial charge in [0, 0.05) is 33.3 Å². The Morgan fingerprint density at radius 3 is 2.62 bits per heavy atom. The average molecular weight is 336 g/mol. The first-order valence-corrected chi connectivity index (χ1v) is 8.47. The van der Waals surface area contributed by atoms with E-state index >= 15 is 0 Å². The van der Waals surface area contributed by atoms with Crippen LogP contribution in [0.1, 0.15) is 10.4 Å². The third-order valence-electron chi connectivity index (χ3n) is 4.24. The highest BCUT2D eigenvalue weighted by Crippen LogP contribution is 2.40. The molecule has 0 bridgehead atoms. The molecule has 5 heteroatoms. The molecule has 24 heavy (non-hydrogen) atoms. The third kappa shape index (κ3) is 2.21. The van der Waals surface area contributed by atoms with E-state index in [-0.39, 0.29) is 11.3 Å². The number of aromatic amines is 1. The predicted molar refractivity (Wildman–Crippen MR) is 99.7 cm³/mol. The lowest BCUT2D eigenvalue weighted by molar-refractivity contribution is 0.478. The molecule has 0 aliphatic carbocycles. The van der Waals surface area contributed by atoms with Gasteiger partial charge < -0.3 is 15.8 Å². The van der Waals surface area contributed by atoms with Gasteiger partial charge in [-0.15, -0.1) is 11.3 Å². The fourth-order valence-corrected chi connectivity index (χ4v) is 4.04. The molecule has 0 spiro atoms. The Balaban J connectivity index is 2.15. The van der Waals surface area contributed by atoms with E-state index in [0.29, 0.717) is 11.2 Å². The zero-order valence-corrected chi connectivity index (χ0v) is 13.9. The van der Waals surface area contributed by atoms with E-state index in [0.717, 1.165) is 37.9 Å². The molecule has 4 rings (SSSR count). The van der Waals surface area contributed by atoms with Crippen LogP contribution in [0.2, 0.25) is 0 Å². The van der Waals surface area contributed by atoms with Crippen LogP contribution in [0.15, 0.2) is 47.3 Å². The minimum Gasteiger partial charge on any atom is -0.507 e. The molecule has 0 saturated carbocycles. The number of nitrogens with one attached hydrogen (secondary N) is 1. The van der Waals surface area contributed by atoms with E-state index in [1.54, 1.807) is 12.1 Å². The topological polar surface area (TPSA) is 79.1 Å². The normalized spacial score (nSPS) is 11.4. The van der Waals surface area contributed by atoms with E-state index in [1.807, 2.05) is 37.3 Å². The zero-order valence-electron chi connectivity index (χ0n) is 13.1. The van der Waals surface area contributed by atoms with E-state index in [9.17, 15) is 9.90 Å². The molecule has 0 aliphatic heterocycles. The van der Waals surface area contributed by atoms with Gasteiger partial charge in [-0.25, -0.2) is 0 Å². The molecule has 0 amide bonds. The Labute approximate surface area is 142 Å². The van der Waals surface area contributed by atoms with E-state index in [2.05, 4.69) is 4.98 Å². The number of nitrogens with two attached hydrogens (primary N) is 1. The number of fused-ring (bicyclic) bond motifs is 3. The number of hydrogen-bond acceptors (Lipinski definition) is 4. The van der Waals surface area contributed by atoms with Crippen LogP contribution in [0.3, 0.4) is 0 Å². The summed E-state index contributed by atoms with van der Waals surface area (Å²) in [6.07, 6.45) is 0. The number of aryl methyl sites for hydroxylation is 1. The van der Waals surface area contributed by atoms with Gasteiger partial charge in [0.25, 0.3) is 5.56 Å². The molecule has 4 nitrogen and oxygen atoms in total. The maximum absolute atomic E-state index is 12.3. The van der Waals surface area contributed by atoms with Crippen LogP contribution in [0.5, 0.6) is 5.75 Å². The van der Waals surface area contributed by atoms with E-state index in [4.69, 9.17) is 5.73 Å². The quantitative estimate of drug-likeness (QED) is 0.520. The molecule has 0 radical (unpaired) electrons. The lowest BCUT2D eigenvalue weighted by Gasteiger charge is -2.11. The minimum atomic E-state index is -0.0919. The van der Waals surface area contributed by atoms with Crippen molar-refractivity contribution in [2.45, 2.75) is 13.5 Å². The molecule has 120 valence electrons. The molecule has 2 heterocycles. The number of phenols is 1. The number of phenolic OH excluding ortho intramolecular Hbond substituents is 1. The minimum absolute atomic E-state index is 0.0919. The highest BCUT2D eigenvalue weighted by molar-refractivity contribution is 7.19. The first kappa shape index (κ1) is 14.9. The number of hydrogen-bond donors (Lipinski definition) is 3. The van der Waals surface area contributed by atoms with Crippen molar-refractivity contribution in [3.63, 3.8) is 0 Å². The second-order valence-corrected chi connectivity index (χ2v) is 7.09. The van der Waals surface area contributed by atoms with Crippen molar-refractivity contribution >= 4 is 32.3 Å². The van der Waals surface area contributed by atoms with Crippen molar-refractivity contribution in [3.05, 3.63) is 63.3 Å². The Hall–Kier alpha value is -2.63. The molecule has 0 saturated heterocycles. The van der Waals surface area contributed by atoms with Gasteiger partial charge in [-0.05, 0) is 36.2 Å². The summed E-state index contributed by atoms with van der Waals surface area (Å²) in [6.45, 7) is 2.46. The molecule has 2 aromatic heterocycles. The van der Waals surface area contributed by atoms with Crippen LogP contribution in [0.4, 0.5) is 0 Å². The smallest absolute Gasteiger partial charge is 0.266 e. The number of aromatic nitrogens is 1. The highest BCUT2D eigenvalue weighted by Gasteiger charge is 2.16. The summed E-state index contributed by atoms with van der Waals surface area (Å²) in [6, 6.07) is 13.2. The summed E-state index contributed by atoms with van der Waals surface area (Å²) >= 11 is 1.47. The highest BCUT2D eigenvalue weighted by atomic mass is 32.1. The lowest BCUT2D eigenvalue weighted by Crippen LogP contribution is -2.04. The van der Waals surface area contributed by atoms with Gasteiger partial charge in [0.1, 0.15) is 10.4 Å². The maximum Gasteiger partial charge on any atom is 0.266 e. The van der Waals surface area contributed by atoms with E-state index < -0.39 is 0 Å². The van der Waals surface area contributed by atoms with Gasteiger partial charge >= 0.3 is 0 Å². The Morgan fingerprint density at radius 2 is 1.92 bits per heavy atom. The molecule has 0 fully saturated rings. The summed E-state index contributed by atoms with van der Waals surface area (Å²) < 4.78 is 0.686. The average Bonchev–Trinajstić information content (AvgIpc) is 2.98. The van der Waals surface area contributed by atoms with Crippen molar-refractivity contribution < 1.29 is 5.11 Å². The summed E-state index contributed by atoms with van der Waals surface area (Å²) in [7, 11) is 0. The first-order valence-electron chi connectivity index (χ1n) is 7.66. The number of H-pyrrole nitrogens is 1. The SMILES string of the molecule is Cc1cc2c(s1)c(=O)[nH]c1ccc(O)c(-c3ccc(CN)cc3)c12. The second-order valence-electron chi connectivity index (χ2n) is 5.84. The summed E-state index contributed by atoms with van der Waals surface area (Å²) in [5, 5.41) is 12.3. The Morgan fingerprint density at radius 1 is 1.17 bits per heavy atom. The molecular weight excluding hydrogens is 320 g/mol. The van der Waals surface area contributed by atoms with Crippen molar-refractivity contribution in [1.29, 1.82) is 0 Å². The molecule has 4 aromatic rings. The third-order valence-corrected chi connectivity index (χ3v) is 5.29. The fraction of sp³-hybridized carbons (Fsp3) is 0.105. The molecule has 0 unspecified atom stereocenters. The van der Waals surface area contributed by atoms with Crippen LogP contribution in [-0.2, 0) is 6.54 Å². The standard InChI is InChI=1S/C19H16N2O2S/c1-10-8-13-17-14(21-19(23)18(13)24-10)6-7-15(22)16(17)12-4-2-11(9-20)3-5-12/h2-8,22H,9,20H2,1H3,(H,21,23). The van der Waals surface area contributed by atoms with Crippen molar-refractivity contribution in [2.75, 3.05) is 0 Å². The molecule has 0 aliphatic rings. The summed E-state index contributed by atoms with van der Waals surface area (Å²) in [4.78, 5) is 16.3.